The first-order chi connectivity index (χ1) is 14.6. The minimum atomic E-state index is -0.644. The lowest BCUT2D eigenvalue weighted by atomic mass is 10.2. The van der Waals surface area contributed by atoms with Crippen LogP contribution in [0.4, 0.5) is 21.7 Å². The first kappa shape index (κ1) is 19.6. The zero-order chi connectivity index (χ0) is 20.9. The minimum Gasteiger partial charge on any atom is -0.497 e. The maximum absolute atomic E-state index is 14.1. The van der Waals surface area contributed by atoms with Crippen LogP contribution in [-0.4, -0.2) is 49.2 Å². The Bertz CT molecular complexity index is 1010. The second-order valence-corrected chi connectivity index (χ2v) is 6.86. The van der Waals surface area contributed by atoms with Crippen molar-refractivity contribution in [3.63, 3.8) is 0 Å². The molecule has 1 aliphatic heterocycles. The quantitative estimate of drug-likeness (QED) is 0.701. The van der Waals surface area contributed by atoms with Crippen molar-refractivity contribution >= 4 is 23.2 Å². The van der Waals surface area contributed by atoms with Crippen molar-refractivity contribution in [3.8, 4) is 5.75 Å². The standard InChI is InChI=1S/C22H22FN5O2/c1-30-17-6-7-18(19(23)14-17)22(29)26-20-8-5-16(15-25-20)27-10-12-28(13-11-27)21-4-2-3-9-24-21/h2-9,14-15H,10-13H2,1H3,(H,25,26,29). The monoisotopic (exact) mass is 407 g/mol. The van der Waals surface area contributed by atoms with E-state index in [4.69, 9.17) is 4.74 Å². The van der Waals surface area contributed by atoms with Crippen molar-refractivity contribution in [2.45, 2.75) is 0 Å². The summed E-state index contributed by atoms with van der Waals surface area (Å²) >= 11 is 0. The van der Waals surface area contributed by atoms with Crippen LogP contribution in [0.5, 0.6) is 5.75 Å². The molecule has 0 saturated carbocycles. The van der Waals surface area contributed by atoms with Gasteiger partial charge in [-0.15, -0.1) is 0 Å². The number of nitrogens with one attached hydrogen (secondary N) is 1. The van der Waals surface area contributed by atoms with Crippen molar-refractivity contribution in [2.24, 2.45) is 0 Å². The molecule has 0 unspecified atom stereocenters. The smallest absolute Gasteiger partial charge is 0.259 e. The number of ether oxygens (including phenoxy) is 1. The van der Waals surface area contributed by atoms with Crippen LogP contribution in [-0.2, 0) is 0 Å². The number of carbonyl (C=O) groups is 1. The van der Waals surface area contributed by atoms with E-state index in [1.54, 1.807) is 24.5 Å². The fourth-order valence-electron chi connectivity index (χ4n) is 3.37. The third-order valence-electron chi connectivity index (χ3n) is 5.03. The molecule has 154 valence electrons. The first-order valence-corrected chi connectivity index (χ1v) is 9.66. The molecule has 1 aliphatic rings. The third-order valence-corrected chi connectivity index (χ3v) is 5.03. The fourth-order valence-corrected chi connectivity index (χ4v) is 3.37. The lowest BCUT2D eigenvalue weighted by molar-refractivity contribution is 0.102. The summed E-state index contributed by atoms with van der Waals surface area (Å²) in [5.41, 5.74) is 0.914. The van der Waals surface area contributed by atoms with Gasteiger partial charge in [0.25, 0.3) is 5.91 Å². The first-order valence-electron chi connectivity index (χ1n) is 9.66. The molecule has 0 atom stereocenters. The molecule has 1 aromatic carbocycles. The summed E-state index contributed by atoms with van der Waals surface area (Å²) in [7, 11) is 1.44. The number of methoxy groups -OCH3 is 1. The number of amides is 1. The predicted molar refractivity (Wildman–Crippen MR) is 114 cm³/mol. The SMILES string of the molecule is COc1ccc(C(=O)Nc2ccc(N3CCN(c4ccccn4)CC3)cn2)c(F)c1. The minimum absolute atomic E-state index is 0.0627. The molecule has 1 saturated heterocycles. The molecule has 1 amide bonds. The molecule has 8 heteroatoms. The zero-order valence-corrected chi connectivity index (χ0v) is 16.6. The number of rotatable bonds is 5. The molecular formula is C22H22FN5O2. The normalized spacial score (nSPS) is 13.8. The summed E-state index contributed by atoms with van der Waals surface area (Å²) in [6, 6.07) is 13.6. The van der Waals surface area contributed by atoms with Crippen LogP contribution in [0.1, 0.15) is 10.4 Å². The highest BCUT2D eigenvalue weighted by molar-refractivity contribution is 6.04. The number of nitrogens with zero attached hydrogens (tertiary/aromatic N) is 4. The Morgan fingerprint density at radius 2 is 1.83 bits per heavy atom. The fraction of sp³-hybridized carbons (Fsp3) is 0.227. The lowest BCUT2D eigenvalue weighted by Gasteiger charge is -2.36. The molecule has 30 heavy (non-hydrogen) atoms. The molecule has 0 aliphatic carbocycles. The summed E-state index contributed by atoms with van der Waals surface area (Å²) in [6.07, 6.45) is 3.52. The van der Waals surface area contributed by atoms with Gasteiger partial charge in [-0.2, -0.15) is 0 Å². The van der Waals surface area contributed by atoms with Gasteiger partial charge >= 0.3 is 0 Å². The van der Waals surface area contributed by atoms with E-state index in [0.29, 0.717) is 11.6 Å². The number of hydrogen-bond donors (Lipinski definition) is 1. The van der Waals surface area contributed by atoms with E-state index in [-0.39, 0.29) is 5.56 Å². The van der Waals surface area contributed by atoms with Crippen LogP contribution in [0, 0.1) is 5.82 Å². The Morgan fingerprint density at radius 3 is 2.47 bits per heavy atom. The maximum atomic E-state index is 14.1. The van der Waals surface area contributed by atoms with E-state index in [2.05, 4.69) is 25.1 Å². The van der Waals surface area contributed by atoms with Gasteiger partial charge in [0, 0.05) is 38.4 Å². The summed E-state index contributed by atoms with van der Waals surface area (Å²) < 4.78 is 19.0. The molecule has 0 spiro atoms. The van der Waals surface area contributed by atoms with Crippen LogP contribution >= 0.6 is 0 Å². The van der Waals surface area contributed by atoms with Gasteiger partial charge in [-0.3, -0.25) is 4.79 Å². The van der Waals surface area contributed by atoms with Gasteiger partial charge < -0.3 is 19.9 Å². The molecule has 2 aromatic heterocycles. The van der Waals surface area contributed by atoms with Crippen molar-refractivity contribution in [1.82, 2.24) is 9.97 Å². The molecule has 1 N–H and O–H groups in total. The highest BCUT2D eigenvalue weighted by Gasteiger charge is 2.19. The number of aromatic nitrogens is 2. The second-order valence-electron chi connectivity index (χ2n) is 6.86. The van der Waals surface area contributed by atoms with Crippen molar-refractivity contribution < 1.29 is 13.9 Å². The summed E-state index contributed by atoms with van der Waals surface area (Å²) in [6.45, 7) is 3.43. The van der Waals surface area contributed by atoms with Crippen molar-refractivity contribution in [2.75, 3.05) is 48.4 Å². The second kappa shape index (κ2) is 8.77. The topological polar surface area (TPSA) is 70.6 Å². The molecule has 3 aromatic rings. The number of anilines is 3. The van der Waals surface area contributed by atoms with Gasteiger partial charge in [0.05, 0.1) is 24.6 Å². The van der Waals surface area contributed by atoms with E-state index < -0.39 is 11.7 Å². The number of halogens is 1. The van der Waals surface area contributed by atoms with Gasteiger partial charge in [0.15, 0.2) is 0 Å². The van der Waals surface area contributed by atoms with Gasteiger partial charge in [0.1, 0.15) is 23.2 Å². The van der Waals surface area contributed by atoms with Gasteiger partial charge in [-0.1, -0.05) is 6.07 Å². The summed E-state index contributed by atoms with van der Waals surface area (Å²) in [4.78, 5) is 25.5. The number of carbonyl (C=O) groups excluding carboxylic acids is 1. The molecular weight excluding hydrogens is 385 g/mol. The molecule has 0 bridgehead atoms. The average molecular weight is 407 g/mol. The Hall–Kier alpha value is -3.68. The predicted octanol–water partition coefficient (Wildman–Crippen LogP) is 3.20. The zero-order valence-electron chi connectivity index (χ0n) is 16.6. The van der Waals surface area contributed by atoms with Crippen LogP contribution in [0.25, 0.3) is 0 Å². The van der Waals surface area contributed by atoms with Gasteiger partial charge in [-0.05, 0) is 36.4 Å². The van der Waals surface area contributed by atoms with Gasteiger partial charge in [0.2, 0.25) is 0 Å². The van der Waals surface area contributed by atoms with E-state index in [1.165, 1.54) is 19.2 Å². The van der Waals surface area contributed by atoms with Crippen LogP contribution in [0.3, 0.4) is 0 Å². The lowest BCUT2D eigenvalue weighted by Crippen LogP contribution is -2.46. The molecule has 0 radical (unpaired) electrons. The molecule has 7 nitrogen and oxygen atoms in total. The molecule has 4 rings (SSSR count). The van der Waals surface area contributed by atoms with E-state index >= 15 is 0 Å². The van der Waals surface area contributed by atoms with Crippen LogP contribution < -0.4 is 19.9 Å². The highest BCUT2D eigenvalue weighted by Crippen LogP contribution is 2.21. The average Bonchev–Trinajstić information content (AvgIpc) is 2.80. The Morgan fingerprint density at radius 1 is 1.03 bits per heavy atom. The number of benzene rings is 1. The summed E-state index contributed by atoms with van der Waals surface area (Å²) in [5, 5.41) is 2.63. The largest absolute Gasteiger partial charge is 0.497 e. The van der Waals surface area contributed by atoms with E-state index in [9.17, 15) is 9.18 Å². The Kier molecular flexibility index (Phi) is 5.74. The highest BCUT2D eigenvalue weighted by atomic mass is 19.1. The number of piperazine rings is 1. The summed E-state index contributed by atoms with van der Waals surface area (Å²) in [5.74, 6) is 0.508. The third kappa shape index (κ3) is 4.32. The van der Waals surface area contributed by atoms with Crippen molar-refractivity contribution in [1.29, 1.82) is 0 Å². The number of hydrogen-bond acceptors (Lipinski definition) is 6. The van der Waals surface area contributed by atoms with Crippen molar-refractivity contribution in [3.05, 3.63) is 72.3 Å². The number of pyridine rings is 2. The Balaban J connectivity index is 1.36. The van der Waals surface area contributed by atoms with Gasteiger partial charge in [-0.25, -0.2) is 14.4 Å². The van der Waals surface area contributed by atoms with Crippen LogP contribution in [0.2, 0.25) is 0 Å². The van der Waals surface area contributed by atoms with E-state index in [0.717, 1.165) is 37.7 Å². The molecule has 3 heterocycles. The maximum Gasteiger partial charge on any atom is 0.259 e. The van der Waals surface area contributed by atoms with E-state index in [1.807, 2.05) is 24.3 Å². The Labute approximate surface area is 174 Å². The van der Waals surface area contributed by atoms with Crippen LogP contribution in [0.15, 0.2) is 60.9 Å². The molecule has 1 fully saturated rings.